The highest BCUT2D eigenvalue weighted by Gasteiger charge is 2.14. The molecule has 70 valence electrons. The molecule has 0 fully saturated rings. The van der Waals surface area contributed by atoms with Gasteiger partial charge in [0.1, 0.15) is 5.69 Å². The van der Waals surface area contributed by atoms with Crippen LogP contribution in [0, 0.1) is 0 Å². The maximum Gasteiger partial charge on any atom is 0.273 e. The number of allylic oxidation sites excluding steroid dienone is 1. The fourth-order valence-electron chi connectivity index (χ4n) is 0.897. The summed E-state index contributed by atoms with van der Waals surface area (Å²) >= 11 is 1.47. The summed E-state index contributed by atoms with van der Waals surface area (Å²) in [5.41, 5.74) is 2.22. The van der Waals surface area contributed by atoms with Crippen LogP contribution in [0.25, 0.3) is 6.08 Å². The van der Waals surface area contributed by atoms with Crippen molar-refractivity contribution in [1.82, 2.24) is 9.88 Å². The van der Waals surface area contributed by atoms with Gasteiger partial charge >= 0.3 is 0 Å². The van der Waals surface area contributed by atoms with Crippen molar-refractivity contribution in [2.24, 2.45) is 0 Å². The number of hydrogen-bond acceptors (Lipinski definition) is 3. The second-order valence-electron chi connectivity index (χ2n) is 2.76. The van der Waals surface area contributed by atoms with Gasteiger partial charge in [0.2, 0.25) is 0 Å². The van der Waals surface area contributed by atoms with E-state index in [4.69, 9.17) is 0 Å². The molecule has 0 saturated heterocycles. The average Bonchev–Trinajstić information content (AvgIpc) is 2.52. The number of carbonyl (C=O) groups is 1. The summed E-state index contributed by atoms with van der Waals surface area (Å²) in [6.45, 7) is 1.92. The van der Waals surface area contributed by atoms with Crippen LogP contribution in [0.3, 0.4) is 0 Å². The Balaban J connectivity index is 3.00. The minimum atomic E-state index is -0.0469. The van der Waals surface area contributed by atoms with Gasteiger partial charge in [-0.1, -0.05) is 6.08 Å². The SMILES string of the molecule is C/C=C\c1scnc1C(=O)N(C)C. The Morgan fingerprint density at radius 2 is 2.31 bits per heavy atom. The molecular formula is C9H12N2OS. The molecule has 1 aromatic heterocycles. The number of hydrogen-bond donors (Lipinski definition) is 0. The summed E-state index contributed by atoms with van der Waals surface area (Å²) in [6, 6.07) is 0. The van der Waals surface area contributed by atoms with Crippen LogP contribution in [0.15, 0.2) is 11.6 Å². The van der Waals surface area contributed by atoms with Crippen molar-refractivity contribution in [3.8, 4) is 0 Å². The number of thiazole rings is 1. The molecule has 1 aromatic rings. The number of amides is 1. The monoisotopic (exact) mass is 196 g/mol. The van der Waals surface area contributed by atoms with Crippen molar-refractivity contribution in [2.45, 2.75) is 6.92 Å². The van der Waals surface area contributed by atoms with E-state index in [1.807, 2.05) is 19.1 Å². The van der Waals surface area contributed by atoms with Crippen molar-refractivity contribution < 1.29 is 4.79 Å². The first kappa shape index (κ1) is 9.92. The average molecular weight is 196 g/mol. The summed E-state index contributed by atoms with van der Waals surface area (Å²) < 4.78 is 0. The second kappa shape index (κ2) is 4.18. The van der Waals surface area contributed by atoms with E-state index in [-0.39, 0.29) is 5.91 Å². The van der Waals surface area contributed by atoms with Crippen molar-refractivity contribution in [3.63, 3.8) is 0 Å². The Kier molecular flexibility index (Phi) is 3.19. The number of carbonyl (C=O) groups excluding carboxylic acids is 1. The topological polar surface area (TPSA) is 33.2 Å². The third kappa shape index (κ3) is 2.15. The fraction of sp³-hybridized carbons (Fsp3) is 0.333. The Morgan fingerprint density at radius 1 is 1.62 bits per heavy atom. The molecule has 1 rings (SSSR count). The Bertz CT molecular complexity index is 328. The zero-order chi connectivity index (χ0) is 9.84. The van der Waals surface area contributed by atoms with Gasteiger partial charge in [0.05, 0.1) is 10.4 Å². The van der Waals surface area contributed by atoms with E-state index in [0.717, 1.165) is 4.88 Å². The molecule has 0 aliphatic rings. The van der Waals surface area contributed by atoms with Crippen LogP contribution in [0.2, 0.25) is 0 Å². The van der Waals surface area contributed by atoms with Crippen molar-refractivity contribution in [2.75, 3.05) is 14.1 Å². The van der Waals surface area contributed by atoms with Crippen LogP contribution in [0.4, 0.5) is 0 Å². The van der Waals surface area contributed by atoms with Gasteiger partial charge in [-0.05, 0) is 13.0 Å². The molecule has 0 unspecified atom stereocenters. The summed E-state index contributed by atoms with van der Waals surface area (Å²) in [5.74, 6) is -0.0469. The third-order valence-electron chi connectivity index (χ3n) is 1.52. The Labute approximate surface area is 81.7 Å². The molecule has 0 bridgehead atoms. The van der Waals surface area contributed by atoms with E-state index < -0.39 is 0 Å². The lowest BCUT2D eigenvalue weighted by Crippen LogP contribution is -2.22. The normalized spacial score (nSPS) is 10.7. The summed E-state index contributed by atoms with van der Waals surface area (Å²) in [5, 5.41) is 0. The first-order valence-electron chi connectivity index (χ1n) is 3.94. The minimum Gasteiger partial charge on any atom is -0.343 e. The Hall–Kier alpha value is -1.16. The van der Waals surface area contributed by atoms with Crippen molar-refractivity contribution >= 4 is 23.3 Å². The van der Waals surface area contributed by atoms with E-state index in [0.29, 0.717) is 5.69 Å². The van der Waals surface area contributed by atoms with Gasteiger partial charge in [-0.25, -0.2) is 4.98 Å². The van der Waals surface area contributed by atoms with E-state index in [2.05, 4.69) is 4.98 Å². The molecule has 1 heterocycles. The summed E-state index contributed by atoms with van der Waals surface area (Å²) in [4.78, 5) is 18.0. The molecule has 1 amide bonds. The smallest absolute Gasteiger partial charge is 0.273 e. The minimum absolute atomic E-state index is 0.0469. The summed E-state index contributed by atoms with van der Waals surface area (Å²) in [6.07, 6.45) is 3.80. The molecule has 0 spiro atoms. The molecule has 13 heavy (non-hydrogen) atoms. The molecule has 0 aliphatic carbocycles. The van der Waals surface area contributed by atoms with Crippen LogP contribution in [0.5, 0.6) is 0 Å². The quantitative estimate of drug-likeness (QED) is 0.723. The fourth-order valence-corrected chi connectivity index (χ4v) is 1.64. The highest BCUT2D eigenvalue weighted by atomic mass is 32.1. The molecule has 0 aromatic carbocycles. The molecule has 0 N–H and O–H groups in total. The lowest BCUT2D eigenvalue weighted by molar-refractivity contribution is 0.0822. The molecule has 3 nitrogen and oxygen atoms in total. The highest BCUT2D eigenvalue weighted by Crippen LogP contribution is 2.16. The van der Waals surface area contributed by atoms with Gasteiger partial charge in [-0.2, -0.15) is 0 Å². The molecule has 4 heteroatoms. The van der Waals surface area contributed by atoms with Gasteiger partial charge in [-0.15, -0.1) is 11.3 Å². The van der Waals surface area contributed by atoms with Gasteiger partial charge in [0, 0.05) is 14.1 Å². The molecule has 0 radical (unpaired) electrons. The molecule has 0 saturated carbocycles. The largest absolute Gasteiger partial charge is 0.343 e. The first-order valence-corrected chi connectivity index (χ1v) is 4.82. The highest BCUT2D eigenvalue weighted by molar-refractivity contribution is 7.10. The lowest BCUT2D eigenvalue weighted by atomic mass is 10.3. The maximum absolute atomic E-state index is 11.5. The van der Waals surface area contributed by atoms with E-state index in [9.17, 15) is 4.79 Å². The van der Waals surface area contributed by atoms with Gasteiger partial charge < -0.3 is 4.90 Å². The number of aromatic nitrogens is 1. The van der Waals surface area contributed by atoms with Crippen molar-refractivity contribution in [1.29, 1.82) is 0 Å². The van der Waals surface area contributed by atoms with Crippen LogP contribution in [-0.4, -0.2) is 29.9 Å². The zero-order valence-corrected chi connectivity index (χ0v) is 8.76. The van der Waals surface area contributed by atoms with Gasteiger partial charge in [0.15, 0.2) is 0 Å². The van der Waals surface area contributed by atoms with Crippen LogP contribution >= 0.6 is 11.3 Å². The van der Waals surface area contributed by atoms with Gasteiger partial charge in [-0.3, -0.25) is 4.79 Å². The summed E-state index contributed by atoms with van der Waals surface area (Å²) in [7, 11) is 3.45. The van der Waals surface area contributed by atoms with E-state index >= 15 is 0 Å². The predicted octanol–water partition coefficient (Wildman–Crippen LogP) is 1.88. The van der Waals surface area contributed by atoms with Gasteiger partial charge in [0.25, 0.3) is 5.91 Å². The second-order valence-corrected chi connectivity index (χ2v) is 3.65. The molecule has 0 aliphatic heterocycles. The van der Waals surface area contributed by atoms with E-state index in [1.54, 1.807) is 19.6 Å². The van der Waals surface area contributed by atoms with Crippen LogP contribution in [-0.2, 0) is 0 Å². The van der Waals surface area contributed by atoms with Crippen LogP contribution in [0.1, 0.15) is 22.3 Å². The first-order chi connectivity index (χ1) is 6.16. The molecular weight excluding hydrogens is 184 g/mol. The standard InChI is InChI=1S/C9H12N2OS/c1-4-5-7-8(10-6-13-7)9(12)11(2)3/h4-6H,1-3H3/b5-4-. The maximum atomic E-state index is 11.5. The lowest BCUT2D eigenvalue weighted by Gasteiger charge is -2.07. The number of nitrogens with zero attached hydrogens (tertiary/aromatic N) is 2. The Morgan fingerprint density at radius 3 is 2.85 bits per heavy atom. The molecule has 0 atom stereocenters. The third-order valence-corrected chi connectivity index (χ3v) is 2.32. The van der Waals surface area contributed by atoms with Crippen molar-refractivity contribution in [3.05, 3.63) is 22.2 Å². The van der Waals surface area contributed by atoms with E-state index in [1.165, 1.54) is 16.2 Å². The van der Waals surface area contributed by atoms with Crippen LogP contribution < -0.4 is 0 Å². The predicted molar refractivity (Wildman–Crippen MR) is 54.8 cm³/mol. The zero-order valence-electron chi connectivity index (χ0n) is 7.94. The number of rotatable bonds is 2.